The molecule has 4 N–H and O–H groups in total. The van der Waals surface area contributed by atoms with E-state index < -0.39 is 0 Å². The first kappa shape index (κ1) is 7.71. The molecule has 0 aromatic carbocycles. The second kappa shape index (κ2) is 2.42. The van der Waals surface area contributed by atoms with Gasteiger partial charge in [0.15, 0.2) is 0 Å². The Hall–Kier alpha value is 0.330. The SMILES string of the molecule is NS1=[N+]=S(N)C2C3CCC(C3)C21. The van der Waals surface area contributed by atoms with Crippen LogP contribution in [0.25, 0.3) is 0 Å². The molecule has 0 aromatic rings. The second-order valence-corrected chi connectivity index (χ2v) is 7.10. The molecule has 0 saturated heterocycles. The molecular weight excluding hydrogens is 190 g/mol. The summed E-state index contributed by atoms with van der Waals surface area (Å²) in [4.78, 5) is 0. The van der Waals surface area contributed by atoms with E-state index in [1.807, 2.05) is 0 Å². The van der Waals surface area contributed by atoms with Crippen LogP contribution in [0.2, 0.25) is 0 Å². The van der Waals surface area contributed by atoms with E-state index in [1.54, 1.807) is 0 Å². The van der Waals surface area contributed by atoms with E-state index in [9.17, 15) is 0 Å². The summed E-state index contributed by atoms with van der Waals surface area (Å²) in [6.07, 6.45) is 4.17. The van der Waals surface area contributed by atoms with Crippen LogP contribution < -0.4 is 13.7 Å². The highest BCUT2D eigenvalue weighted by Crippen LogP contribution is 2.48. The van der Waals surface area contributed by atoms with Gasteiger partial charge in [-0.3, -0.25) is 0 Å². The minimum atomic E-state index is -0.196. The summed E-state index contributed by atoms with van der Waals surface area (Å²) >= 11 is 0. The molecule has 0 amide bonds. The highest BCUT2D eigenvalue weighted by atomic mass is 32.2. The van der Waals surface area contributed by atoms with Crippen molar-refractivity contribution in [1.29, 1.82) is 0 Å². The van der Waals surface area contributed by atoms with Crippen LogP contribution in [0.15, 0.2) is 0 Å². The zero-order valence-corrected chi connectivity index (χ0v) is 8.48. The molecule has 1 aliphatic heterocycles. The number of nitrogens with two attached hydrogens (primary N) is 2. The third-order valence-corrected chi connectivity index (χ3v) is 7.52. The zero-order chi connectivity index (χ0) is 8.29. The van der Waals surface area contributed by atoms with E-state index >= 15 is 0 Å². The molecular formula is C7H14N3S2+. The van der Waals surface area contributed by atoms with Crippen LogP contribution in [0.5, 0.6) is 0 Å². The average molecular weight is 204 g/mol. The van der Waals surface area contributed by atoms with Gasteiger partial charge in [-0.2, -0.15) is 0 Å². The summed E-state index contributed by atoms with van der Waals surface area (Å²) in [5.74, 6) is 1.75. The van der Waals surface area contributed by atoms with Gasteiger partial charge in [0, 0.05) is 3.41 Å². The molecule has 1 heterocycles. The summed E-state index contributed by atoms with van der Waals surface area (Å²) in [5.41, 5.74) is 0. The average Bonchev–Trinajstić information content (AvgIpc) is 2.64. The molecule has 5 heteroatoms. The summed E-state index contributed by atoms with van der Waals surface area (Å²) in [5, 5.41) is 13.3. The molecule has 6 unspecified atom stereocenters. The van der Waals surface area contributed by atoms with Crippen molar-refractivity contribution >= 4 is 21.8 Å². The van der Waals surface area contributed by atoms with Crippen molar-refractivity contribution in [2.75, 3.05) is 0 Å². The third kappa shape index (κ3) is 0.809. The number of rotatable bonds is 0. The van der Waals surface area contributed by atoms with Crippen molar-refractivity contribution in [3.63, 3.8) is 0 Å². The second-order valence-electron chi connectivity index (χ2n) is 4.03. The van der Waals surface area contributed by atoms with Gasteiger partial charge in [0.05, 0.1) is 0 Å². The van der Waals surface area contributed by atoms with Gasteiger partial charge in [-0.05, 0) is 31.1 Å². The van der Waals surface area contributed by atoms with E-state index in [4.69, 9.17) is 10.3 Å². The lowest BCUT2D eigenvalue weighted by atomic mass is 10.00. The quantitative estimate of drug-likeness (QED) is 0.527. The molecule has 0 radical (unpaired) electrons. The Kier molecular flexibility index (Phi) is 1.56. The molecule has 3 nitrogen and oxygen atoms in total. The number of hydrogen-bond donors (Lipinski definition) is 2. The molecule has 0 aromatic heterocycles. The van der Waals surface area contributed by atoms with Gasteiger partial charge >= 0.3 is 0 Å². The van der Waals surface area contributed by atoms with Gasteiger partial charge in [-0.15, -0.1) is 0 Å². The fourth-order valence-electron chi connectivity index (χ4n) is 3.05. The van der Waals surface area contributed by atoms with Crippen LogP contribution >= 0.6 is 0 Å². The Morgan fingerprint density at radius 1 is 1.00 bits per heavy atom. The van der Waals surface area contributed by atoms with E-state index in [-0.39, 0.29) is 21.8 Å². The fourth-order valence-corrected chi connectivity index (χ4v) is 7.60. The molecule has 0 spiro atoms. The lowest BCUT2D eigenvalue weighted by molar-refractivity contribution is 0.502. The number of nitrogens with zero attached hydrogens (tertiary/aromatic N) is 1. The highest BCUT2D eigenvalue weighted by Gasteiger charge is 2.58. The molecule has 68 valence electrons. The Labute approximate surface area is 77.4 Å². The van der Waals surface area contributed by atoms with E-state index in [2.05, 4.69) is 3.41 Å². The molecule has 6 atom stereocenters. The van der Waals surface area contributed by atoms with E-state index in [0.717, 1.165) is 11.8 Å². The lowest BCUT2D eigenvalue weighted by Crippen LogP contribution is -2.39. The Morgan fingerprint density at radius 3 is 2.00 bits per heavy atom. The Bertz CT molecular complexity index is 282. The van der Waals surface area contributed by atoms with Gasteiger partial charge in [0.2, 0.25) is 0 Å². The molecule has 3 rings (SSSR count). The predicted molar refractivity (Wildman–Crippen MR) is 53.6 cm³/mol. The van der Waals surface area contributed by atoms with Gasteiger partial charge < -0.3 is 0 Å². The maximum Gasteiger partial charge on any atom is 0.258 e. The van der Waals surface area contributed by atoms with Crippen molar-refractivity contribution in [1.82, 2.24) is 3.41 Å². The topological polar surface area (TPSA) is 66.1 Å². The van der Waals surface area contributed by atoms with E-state index in [1.165, 1.54) is 19.3 Å². The minimum Gasteiger partial charge on any atom is -0.218 e. The molecule has 2 saturated carbocycles. The first-order valence-electron chi connectivity index (χ1n) is 4.44. The molecule has 12 heavy (non-hydrogen) atoms. The summed E-state index contributed by atoms with van der Waals surface area (Å²) in [6.45, 7) is 0. The summed E-state index contributed by atoms with van der Waals surface area (Å²) in [7, 11) is -0.391. The number of fused-ring (bicyclic) bond motifs is 5. The molecule has 2 fully saturated rings. The van der Waals surface area contributed by atoms with Gasteiger partial charge in [0.1, 0.15) is 10.5 Å². The zero-order valence-electron chi connectivity index (χ0n) is 6.85. The van der Waals surface area contributed by atoms with Crippen LogP contribution in [-0.2, 0) is 21.8 Å². The third-order valence-electron chi connectivity index (χ3n) is 3.50. The van der Waals surface area contributed by atoms with Crippen molar-refractivity contribution < 1.29 is 0 Å². The normalized spacial score (nSPS) is 61.2. The largest absolute Gasteiger partial charge is 0.258 e. The van der Waals surface area contributed by atoms with Crippen LogP contribution in [0.4, 0.5) is 0 Å². The Balaban J connectivity index is 2.04. The molecule has 3 aliphatic rings. The predicted octanol–water partition coefficient (Wildman–Crippen LogP) is -0.414. The van der Waals surface area contributed by atoms with Crippen molar-refractivity contribution in [2.45, 2.75) is 29.8 Å². The van der Waals surface area contributed by atoms with Gasteiger partial charge in [-0.25, -0.2) is 10.3 Å². The maximum absolute atomic E-state index is 5.98. The van der Waals surface area contributed by atoms with Gasteiger partial charge in [-0.1, -0.05) is 0 Å². The van der Waals surface area contributed by atoms with Crippen LogP contribution in [0, 0.1) is 11.8 Å². The van der Waals surface area contributed by atoms with E-state index in [0.29, 0.717) is 10.5 Å². The molecule has 2 aliphatic carbocycles. The van der Waals surface area contributed by atoms with Crippen molar-refractivity contribution in [2.24, 2.45) is 22.1 Å². The minimum absolute atomic E-state index is 0.196. The molecule has 2 bridgehead atoms. The lowest BCUT2D eigenvalue weighted by Gasteiger charge is -2.18. The standard InChI is InChI=1S/C7H13N3S2/c8-11-6-4-1-2-5(3-4)7(6)12(9)10-11/h4-7H,1-3H2,(H3,8,9,10)/p+1. The van der Waals surface area contributed by atoms with Gasteiger partial charge in [0.25, 0.3) is 21.8 Å². The smallest absolute Gasteiger partial charge is 0.218 e. The Morgan fingerprint density at radius 2 is 1.50 bits per heavy atom. The van der Waals surface area contributed by atoms with Crippen molar-refractivity contribution in [3.05, 3.63) is 0 Å². The monoisotopic (exact) mass is 204 g/mol. The first-order chi connectivity index (χ1) is 5.77. The first-order valence-corrected chi connectivity index (χ1v) is 7.06. The summed E-state index contributed by atoms with van der Waals surface area (Å²) in [6, 6.07) is 0. The van der Waals surface area contributed by atoms with Crippen LogP contribution in [-0.4, -0.2) is 10.5 Å². The highest BCUT2D eigenvalue weighted by molar-refractivity contribution is 7.96. The maximum atomic E-state index is 5.98. The fraction of sp³-hybridized carbons (Fsp3) is 1.00. The number of hydrogen-bond acceptors (Lipinski definition) is 2. The summed E-state index contributed by atoms with van der Waals surface area (Å²) < 4.78 is 4.43. The van der Waals surface area contributed by atoms with Crippen LogP contribution in [0.1, 0.15) is 19.3 Å². The van der Waals surface area contributed by atoms with Crippen LogP contribution in [0.3, 0.4) is 0 Å². The van der Waals surface area contributed by atoms with Crippen molar-refractivity contribution in [3.8, 4) is 0 Å².